The molecule has 1 aromatic heterocycles. The molecule has 0 saturated carbocycles. The van der Waals surface area contributed by atoms with Gasteiger partial charge in [-0.2, -0.15) is 18.3 Å². The van der Waals surface area contributed by atoms with E-state index >= 15 is 0 Å². The lowest BCUT2D eigenvalue weighted by molar-refractivity contribution is -0.143. The van der Waals surface area contributed by atoms with Gasteiger partial charge in [-0.25, -0.2) is 0 Å². The van der Waals surface area contributed by atoms with Crippen molar-refractivity contribution in [3.63, 3.8) is 0 Å². The molecule has 0 saturated heterocycles. The normalized spacial score (nSPS) is 13.7. The third-order valence-corrected chi connectivity index (χ3v) is 3.63. The lowest BCUT2D eigenvalue weighted by Gasteiger charge is -2.18. The first kappa shape index (κ1) is 16.4. The van der Waals surface area contributed by atoms with Crippen LogP contribution in [-0.2, 0) is 13.2 Å². The van der Waals surface area contributed by atoms with E-state index in [0.717, 1.165) is 7.05 Å². The molecule has 0 aliphatic carbocycles. The molecule has 0 unspecified atom stereocenters. The Morgan fingerprint density at radius 2 is 1.96 bits per heavy atom. The van der Waals surface area contributed by atoms with Crippen molar-refractivity contribution in [3.8, 4) is 11.5 Å². The minimum Gasteiger partial charge on any atom is -0.486 e. The molecule has 0 fully saturated rings. The van der Waals surface area contributed by atoms with Gasteiger partial charge in [0.1, 0.15) is 18.2 Å². The van der Waals surface area contributed by atoms with Crippen LogP contribution in [0.4, 0.5) is 18.9 Å². The van der Waals surface area contributed by atoms with Crippen LogP contribution in [0.3, 0.4) is 0 Å². The fourth-order valence-corrected chi connectivity index (χ4v) is 2.62. The molecule has 1 N–H and O–H groups in total. The maximum atomic E-state index is 12.9. The molecule has 10 heteroatoms. The van der Waals surface area contributed by atoms with Gasteiger partial charge in [-0.3, -0.25) is 9.48 Å². The largest absolute Gasteiger partial charge is 0.486 e. The van der Waals surface area contributed by atoms with E-state index < -0.39 is 28.5 Å². The fourth-order valence-electron chi connectivity index (χ4n) is 2.26. The highest BCUT2D eigenvalue weighted by atomic mass is 35.5. The van der Waals surface area contributed by atoms with Gasteiger partial charge >= 0.3 is 6.18 Å². The van der Waals surface area contributed by atoms with Crippen LogP contribution in [0, 0.1) is 0 Å². The summed E-state index contributed by atoms with van der Waals surface area (Å²) in [5.41, 5.74) is -1.38. The summed E-state index contributed by atoms with van der Waals surface area (Å²) >= 11 is 5.68. The van der Waals surface area contributed by atoms with Gasteiger partial charge in [0.2, 0.25) is 0 Å². The van der Waals surface area contributed by atoms with Crippen molar-refractivity contribution >= 4 is 23.2 Å². The van der Waals surface area contributed by atoms with Crippen LogP contribution in [0.1, 0.15) is 16.2 Å². The zero-order valence-corrected chi connectivity index (χ0v) is 13.0. The van der Waals surface area contributed by atoms with E-state index in [1.807, 2.05) is 0 Å². The number of carbonyl (C=O) groups excluding carboxylic acids is 1. The molecule has 1 aromatic carbocycles. The summed E-state index contributed by atoms with van der Waals surface area (Å²) in [5, 5.41) is 5.25. The molecular formula is C14H11ClF3N3O3. The first-order valence-corrected chi connectivity index (χ1v) is 7.16. The number of hydrogen-bond acceptors (Lipinski definition) is 4. The minimum absolute atomic E-state index is 0.319. The molecule has 3 rings (SSSR count). The number of carbonyl (C=O) groups is 1. The number of halogens is 4. The lowest BCUT2D eigenvalue weighted by atomic mass is 10.2. The summed E-state index contributed by atoms with van der Waals surface area (Å²) < 4.78 is 49.9. The third-order valence-electron chi connectivity index (χ3n) is 3.27. The Hall–Kier alpha value is -2.42. The van der Waals surface area contributed by atoms with E-state index in [4.69, 9.17) is 21.1 Å². The van der Waals surface area contributed by atoms with Crippen molar-refractivity contribution < 1.29 is 27.4 Å². The number of ether oxygens (including phenoxy) is 2. The monoisotopic (exact) mass is 361 g/mol. The van der Waals surface area contributed by atoms with E-state index in [1.165, 1.54) is 12.1 Å². The molecule has 2 aromatic rings. The van der Waals surface area contributed by atoms with Crippen molar-refractivity contribution in [3.05, 3.63) is 34.6 Å². The quantitative estimate of drug-likeness (QED) is 0.892. The Morgan fingerprint density at radius 1 is 1.29 bits per heavy atom. The van der Waals surface area contributed by atoms with Crippen molar-refractivity contribution in [2.45, 2.75) is 6.18 Å². The topological polar surface area (TPSA) is 65.4 Å². The summed E-state index contributed by atoms with van der Waals surface area (Å²) in [4.78, 5) is 12.2. The van der Waals surface area contributed by atoms with E-state index in [2.05, 4.69) is 10.4 Å². The number of anilines is 1. The zero-order valence-electron chi connectivity index (χ0n) is 12.3. The van der Waals surface area contributed by atoms with E-state index in [0.29, 0.717) is 35.1 Å². The number of amides is 1. The molecule has 0 radical (unpaired) electrons. The van der Waals surface area contributed by atoms with Gasteiger partial charge in [0.15, 0.2) is 22.9 Å². The van der Waals surface area contributed by atoms with Crippen molar-refractivity contribution in [2.75, 3.05) is 18.5 Å². The van der Waals surface area contributed by atoms with E-state index in [-0.39, 0.29) is 0 Å². The summed E-state index contributed by atoms with van der Waals surface area (Å²) in [6, 6.07) is 4.63. The molecule has 128 valence electrons. The molecule has 1 amide bonds. The molecular weight excluding hydrogens is 351 g/mol. The molecule has 0 spiro atoms. The number of nitrogens with one attached hydrogen (secondary N) is 1. The standard InChI is InChI=1S/C14H11ClF3N3O3/c1-21-12(14(16,17)18)10(15)11(20-21)13(22)19-7-2-3-8-9(6-7)24-5-4-23-8/h2-3,6H,4-5H2,1H3,(H,19,22). The molecule has 24 heavy (non-hydrogen) atoms. The number of hydrogen-bond donors (Lipinski definition) is 1. The summed E-state index contributed by atoms with van der Waals surface area (Å²) in [6.07, 6.45) is -4.71. The molecule has 0 atom stereocenters. The van der Waals surface area contributed by atoms with Crippen LogP contribution < -0.4 is 14.8 Å². The number of aromatic nitrogens is 2. The van der Waals surface area contributed by atoms with Crippen LogP contribution >= 0.6 is 11.6 Å². The number of aryl methyl sites for hydroxylation is 1. The number of nitrogens with zero attached hydrogens (tertiary/aromatic N) is 2. The van der Waals surface area contributed by atoms with Gasteiger partial charge in [0.25, 0.3) is 5.91 Å². The first-order chi connectivity index (χ1) is 11.3. The predicted octanol–water partition coefficient (Wildman–Crippen LogP) is 3.12. The van der Waals surface area contributed by atoms with Crippen LogP contribution in [0.15, 0.2) is 18.2 Å². The molecule has 1 aliphatic rings. The summed E-state index contributed by atoms with van der Waals surface area (Å²) in [7, 11) is 1.07. The van der Waals surface area contributed by atoms with Crippen molar-refractivity contribution in [2.24, 2.45) is 7.05 Å². The summed E-state index contributed by atoms with van der Waals surface area (Å²) in [6.45, 7) is 0.786. The number of benzene rings is 1. The van der Waals surface area contributed by atoms with Gasteiger partial charge in [-0.1, -0.05) is 11.6 Å². The highest BCUT2D eigenvalue weighted by Gasteiger charge is 2.40. The maximum Gasteiger partial charge on any atom is 0.434 e. The Bertz CT molecular complexity index is 805. The number of alkyl halides is 3. The highest BCUT2D eigenvalue weighted by Crippen LogP contribution is 2.36. The molecule has 0 bridgehead atoms. The molecule has 2 heterocycles. The summed E-state index contributed by atoms with van der Waals surface area (Å²) in [5.74, 6) is 0.0967. The second-order valence-corrected chi connectivity index (χ2v) is 5.32. The smallest absolute Gasteiger partial charge is 0.434 e. The second kappa shape index (κ2) is 5.90. The fraction of sp³-hybridized carbons (Fsp3) is 0.286. The number of fused-ring (bicyclic) bond motifs is 1. The van der Waals surface area contributed by atoms with Crippen LogP contribution in [0.2, 0.25) is 5.02 Å². The Morgan fingerprint density at radius 3 is 2.58 bits per heavy atom. The van der Waals surface area contributed by atoms with Gasteiger partial charge in [0, 0.05) is 18.8 Å². The third kappa shape index (κ3) is 2.99. The van der Waals surface area contributed by atoms with Crippen LogP contribution in [0.5, 0.6) is 11.5 Å². The second-order valence-electron chi connectivity index (χ2n) is 4.95. The minimum atomic E-state index is -4.71. The Kier molecular flexibility index (Phi) is 4.04. The van der Waals surface area contributed by atoms with E-state index in [9.17, 15) is 18.0 Å². The molecule has 1 aliphatic heterocycles. The first-order valence-electron chi connectivity index (χ1n) is 6.78. The van der Waals surface area contributed by atoms with Gasteiger partial charge in [0.05, 0.1) is 0 Å². The highest BCUT2D eigenvalue weighted by molar-refractivity contribution is 6.34. The average Bonchev–Trinajstić information content (AvgIpc) is 2.82. The Labute approximate surface area is 139 Å². The van der Waals surface area contributed by atoms with Crippen molar-refractivity contribution in [1.29, 1.82) is 0 Å². The van der Waals surface area contributed by atoms with Crippen LogP contribution in [0.25, 0.3) is 0 Å². The average molecular weight is 362 g/mol. The zero-order chi connectivity index (χ0) is 17.5. The van der Waals surface area contributed by atoms with E-state index in [1.54, 1.807) is 6.07 Å². The SMILES string of the molecule is Cn1nc(C(=O)Nc2ccc3c(c2)OCCO3)c(Cl)c1C(F)(F)F. The predicted molar refractivity (Wildman–Crippen MR) is 78.6 cm³/mol. The number of rotatable bonds is 2. The molecule has 6 nitrogen and oxygen atoms in total. The van der Waals surface area contributed by atoms with Gasteiger partial charge < -0.3 is 14.8 Å². The van der Waals surface area contributed by atoms with Gasteiger partial charge in [-0.15, -0.1) is 0 Å². The Balaban J connectivity index is 1.86. The lowest BCUT2D eigenvalue weighted by Crippen LogP contribution is -2.17. The van der Waals surface area contributed by atoms with Crippen molar-refractivity contribution in [1.82, 2.24) is 9.78 Å². The maximum absolute atomic E-state index is 12.9. The van der Waals surface area contributed by atoms with Gasteiger partial charge in [-0.05, 0) is 12.1 Å². The van der Waals surface area contributed by atoms with Crippen LogP contribution in [-0.4, -0.2) is 28.9 Å².